The van der Waals surface area contributed by atoms with Crippen LogP contribution in [0.25, 0.3) is 0 Å². The van der Waals surface area contributed by atoms with E-state index < -0.39 is 11.6 Å². The van der Waals surface area contributed by atoms with E-state index in [0.717, 1.165) is 45.7 Å². The van der Waals surface area contributed by atoms with Crippen molar-refractivity contribution in [3.05, 3.63) is 35.4 Å². The second-order valence-corrected chi connectivity index (χ2v) is 7.10. The Morgan fingerprint density at radius 2 is 1.80 bits per heavy atom. The van der Waals surface area contributed by atoms with E-state index in [-0.39, 0.29) is 35.7 Å². The van der Waals surface area contributed by atoms with Crippen LogP contribution in [0.1, 0.15) is 24.3 Å². The zero-order valence-corrected chi connectivity index (χ0v) is 14.9. The van der Waals surface area contributed by atoms with Crippen LogP contribution in [0.4, 0.5) is 8.78 Å². The first kappa shape index (κ1) is 18.5. The molecule has 1 saturated carbocycles. The number of hydrogen-bond acceptors (Lipinski definition) is 3. The molecule has 138 valence electrons. The van der Waals surface area contributed by atoms with Crippen LogP contribution in [0, 0.1) is 17.6 Å². The molecule has 3 aliphatic rings. The predicted molar refractivity (Wildman–Crippen MR) is 93.9 cm³/mol. The fourth-order valence-electron chi connectivity index (χ4n) is 4.17. The van der Waals surface area contributed by atoms with Crippen LogP contribution in [0.15, 0.2) is 18.2 Å². The van der Waals surface area contributed by atoms with Gasteiger partial charge in [-0.1, -0.05) is 6.07 Å². The van der Waals surface area contributed by atoms with Gasteiger partial charge >= 0.3 is 0 Å². The van der Waals surface area contributed by atoms with Crippen LogP contribution < -0.4 is 5.32 Å². The van der Waals surface area contributed by atoms with Gasteiger partial charge in [0.15, 0.2) is 0 Å². The number of benzene rings is 1. The minimum absolute atomic E-state index is 0. The number of halogens is 3. The zero-order valence-electron chi connectivity index (χ0n) is 14.1. The van der Waals surface area contributed by atoms with Gasteiger partial charge in [0, 0.05) is 62.7 Å². The lowest BCUT2D eigenvalue weighted by molar-refractivity contribution is -0.131. The fourth-order valence-corrected chi connectivity index (χ4v) is 4.17. The van der Waals surface area contributed by atoms with Crippen molar-refractivity contribution in [3.63, 3.8) is 0 Å². The van der Waals surface area contributed by atoms with Crippen molar-refractivity contribution in [1.29, 1.82) is 0 Å². The van der Waals surface area contributed by atoms with Gasteiger partial charge in [-0.3, -0.25) is 9.69 Å². The summed E-state index contributed by atoms with van der Waals surface area (Å²) in [6.07, 6.45) is 1.56. The van der Waals surface area contributed by atoms with Gasteiger partial charge in [-0.25, -0.2) is 8.78 Å². The number of carbonyl (C=O) groups is 1. The number of amides is 1. The first-order chi connectivity index (χ1) is 11.6. The van der Waals surface area contributed by atoms with E-state index in [1.165, 1.54) is 18.2 Å². The molecule has 1 N–H and O–H groups in total. The lowest BCUT2D eigenvalue weighted by atomic mass is 10.1. The summed E-state index contributed by atoms with van der Waals surface area (Å²) in [6.45, 7) is 5.57. The summed E-state index contributed by atoms with van der Waals surface area (Å²) in [5, 5.41) is 3.34. The molecule has 4 rings (SSSR count). The molecule has 3 unspecified atom stereocenters. The molecule has 3 fully saturated rings. The molecule has 1 amide bonds. The monoisotopic (exact) mass is 371 g/mol. The van der Waals surface area contributed by atoms with E-state index in [4.69, 9.17) is 0 Å². The summed E-state index contributed by atoms with van der Waals surface area (Å²) >= 11 is 0. The Morgan fingerprint density at radius 3 is 2.48 bits per heavy atom. The molecule has 0 aromatic heterocycles. The van der Waals surface area contributed by atoms with Crippen LogP contribution in [0.5, 0.6) is 0 Å². The first-order valence-corrected chi connectivity index (χ1v) is 8.82. The van der Waals surface area contributed by atoms with Crippen molar-refractivity contribution in [1.82, 2.24) is 15.1 Å². The highest BCUT2D eigenvalue weighted by Gasteiger charge is 2.49. The van der Waals surface area contributed by atoms with Gasteiger partial charge < -0.3 is 10.2 Å². The summed E-state index contributed by atoms with van der Waals surface area (Å²) in [7, 11) is 0. The molecule has 2 saturated heterocycles. The number of piperazine rings is 1. The fraction of sp³-hybridized carbons (Fsp3) is 0.611. The molecule has 0 bridgehead atoms. The normalized spacial score (nSPS) is 29.4. The lowest BCUT2D eigenvalue weighted by Crippen LogP contribution is -2.49. The van der Waals surface area contributed by atoms with Crippen molar-refractivity contribution in [2.75, 3.05) is 39.3 Å². The summed E-state index contributed by atoms with van der Waals surface area (Å²) in [5.41, 5.74) is 0.0914. The van der Waals surface area contributed by atoms with E-state index >= 15 is 0 Å². The molecule has 2 aliphatic heterocycles. The highest BCUT2D eigenvalue weighted by atomic mass is 35.5. The SMILES string of the molecule is Cl.O=C(C1CC1c1c(F)cccc1F)N1CCC(N2CCNCC2)C1. The van der Waals surface area contributed by atoms with Crippen molar-refractivity contribution < 1.29 is 13.6 Å². The molecule has 25 heavy (non-hydrogen) atoms. The standard InChI is InChI=1S/C18H23F2N3O.ClH/c19-15-2-1-3-16(20)17(15)13-10-14(13)18(24)23-7-4-12(11-23)22-8-5-21-6-9-22;/h1-3,12-14,21H,4-11H2;1H. The van der Waals surface area contributed by atoms with Crippen molar-refractivity contribution in [2.45, 2.75) is 24.8 Å². The molecule has 0 spiro atoms. The highest BCUT2D eigenvalue weighted by Crippen LogP contribution is 2.50. The maximum Gasteiger partial charge on any atom is 0.226 e. The van der Waals surface area contributed by atoms with Gasteiger partial charge in [0.25, 0.3) is 0 Å². The molecule has 7 heteroatoms. The van der Waals surface area contributed by atoms with Gasteiger partial charge in [0.05, 0.1) is 0 Å². The maximum absolute atomic E-state index is 13.9. The molecule has 4 nitrogen and oxygen atoms in total. The summed E-state index contributed by atoms with van der Waals surface area (Å²) < 4.78 is 27.8. The Morgan fingerprint density at radius 1 is 1.12 bits per heavy atom. The maximum atomic E-state index is 13.9. The Balaban J connectivity index is 0.00000182. The minimum Gasteiger partial charge on any atom is -0.341 e. The second kappa shape index (κ2) is 7.56. The molecule has 1 aliphatic carbocycles. The van der Waals surface area contributed by atoms with Crippen LogP contribution in [0.3, 0.4) is 0 Å². The molecular formula is C18H24ClF2N3O. The van der Waals surface area contributed by atoms with Gasteiger partial charge in [0.1, 0.15) is 11.6 Å². The molecule has 1 aromatic rings. The number of likely N-dealkylation sites (tertiary alicyclic amines) is 1. The molecule has 2 heterocycles. The molecule has 3 atom stereocenters. The molecular weight excluding hydrogens is 348 g/mol. The number of nitrogens with one attached hydrogen (secondary N) is 1. The third kappa shape index (κ3) is 3.66. The van der Waals surface area contributed by atoms with E-state index in [0.29, 0.717) is 12.5 Å². The van der Waals surface area contributed by atoms with Crippen molar-refractivity contribution in [3.8, 4) is 0 Å². The Bertz CT molecular complexity index is 618. The summed E-state index contributed by atoms with van der Waals surface area (Å²) in [5.74, 6) is -1.54. The predicted octanol–water partition coefficient (Wildman–Crippen LogP) is 2.00. The number of carbonyl (C=O) groups excluding carboxylic acids is 1. The number of nitrogens with zero attached hydrogens (tertiary/aromatic N) is 2. The zero-order chi connectivity index (χ0) is 16.7. The Hall–Kier alpha value is -1.24. The lowest BCUT2D eigenvalue weighted by Gasteiger charge is -2.32. The van der Waals surface area contributed by atoms with Crippen molar-refractivity contribution in [2.24, 2.45) is 5.92 Å². The first-order valence-electron chi connectivity index (χ1n) is 8.82. The second-order valence-electron chi connectivity index (χ2n) is 7.10. The summed E-state index contributed by atoms with van der Waals surface area (Å²) in [4.78, 5) is 17.0. The van der Waals surface area contributed by atoms with Gasteiger partial charge in [-0.05, 0) is 25.0 Å². The van der Waals surface area contributed by atoms with E-state index in [2.05, 4.69) is 10.2 Å². The number of hydrogen-bond donors (Lipinski definition) is 1. The topological polar surface area (TPSA) is 35.6 Å². The molecule has 0 radical (unpaired) electrons. The van der Waals surface area contributed by atoms with Crippen LogP contribution in [-0.2, 0) is 4.79 Å². The largest absolute Gasteiger partial charge is 0.341 e. The third-order valence-electron chi connectivity index (χ3n) is 5.62. The average Bonchev–Trinajstić information content (AvgIpc) is 3.20. The van der Waals surface area contributed by atoms with Crippen LogP contribution in [-0.4, -0.2) is 61.0 Å². The number of rotatable bonds is 3. The van der Waals surface area contributed by atoms with Crippen LogP contribution in [0.2, 0.25) is 0 Å². The van der Waals surface area contributed by atoms with Crippen LogP contribution >= 0.6 is 12.4 Å². The quantitative estimate of drug-likeness (QED) is 0.882. The summed E-state index contributed by atoms with van der Waals surface area (Å²) in [6, 6.07) is 4.34. The van der Waals surface area contributed by atoms with Gasteiger partial charge in [-0.15, -0.1) is 12.4 Å². The van der Waals surface area contributed by atoms with E-state index in [9.17, 15) is 13.6 Å². The van der Waals surface area contributed by atoms with Crippen molar-refractivity contribution >= 4 is 18.3 Å². The molecule has 1 aromatic carbocycles. The van der Waals surface area contributed by atoms with Gasteiger partial charge in [-0.2, -0.15) is 0 Å². The smallest absolute Gasteiger partial charge is 0.226 e. The van der Waals surface area contributed by atoms with E-state index in [1.807, 2.05) is 4.90 Å². The average molecular weight is 372 g/mol. The third-order valence-corrected chi connectivity index (χ3v) is 5.62. The minimum atomic E-state index is -0.532. The van der Waals surface area contributed by atoms with Gasteiger partial charge in [0.2, 0.25) is 5.91 Å². The Labute approximate surface area is 153 Å². The van der Waals surface area contributed by atoms with E-state index in [1.54, 1.807) is 0 Å². The highest BCUT2D eigenvalue weighted by molar-refractivity contribution is 5.85. The Kier molecular flexibility index (Phi) is 5.61.